The topological polar surface area (TPSA) is 12.4 Å². The van der Waals surface area contributed by atoms with Crippen molar-refractivity contribution in [1.82, 2.24) is 0 Å². The lowest BCUT2D eigenvalue weighted by Gasteiger charge is -2.11. The molecule has 3 rings (SSSR count). The molecule has 3 aromatic rings. The van der Waals surface area contributed by atoms with Crippen LogP contribution >= 0.6 is 23.1 Å². The van der Waals surface area contributed by atoms with Crippen LogP contribution < -0.4 is 0 Å². The van der Waals surface area contributed by atoms with E-state index in [1.165, 1.54) is 15.3 Å². The molecule has 0 aliphatic rings. The second-order valence-corrected chi connectivity index (χ2v) is 6.89. The fraction of sp³-hybridized carbons (Fsp3) is 0.0500. The van der Waals surface area contributed by atoms with Gasteiger partial charge in [-0.1, -0.05) is 66.7 Å². The van der Waals surface area contributed by atoms with Crippen LogP contribution in [0, 0.1) is 0 Å². The van der Waals surface area contributed by atoms with Gasteiger partial charge in [-0.2, -0.15) is 0 Å². The molecule has 0 saturated carbocycles. The molecule has 3 heteroatoms. The summed E-state index contributed by atoms with van der Waals surface area (Å²) in [6.45, 7) is 3.81. The van der Waals surface area contributed by atoms with Crippen molar-refractivity contribution >= 4 is 40.4 Å². The predicted molar refractivity (Wildman–Crippen MR) is 105 cm³/mol. The molecule has 1 aromatic heterocycles. The molecule has 0 aliphatic heterocycles. The first-order chi connectivity index (χ1) is 11.4. The van der Waals surface area contributed by atoms with Gasteiger partial charge in [-0.3, -0.25) is 4.99 Å². The number of thioether (sulfide) groups is 1. The lowest BCUT2D eigenvalue weighted by atomic mass is 10.1. The molecule has 0 spiro atoms. The summed E-state index contributed by atoms with van der Waals surface area (Å²) in [4.78, 5) is 6.76. The highest BCUT2D eigenvalue weighted by Crippen LogP contribution is 2.39. The van der Waals surface area contributed by atoms with Crippen molar-refractivity contribution < 1.29 is 0 Å². The smallest absolute Gasteiger partial charge is 0.0844 e. The molecule has 0 unspecified atom stereocenters. The van der Waals surface area contributed by atoms with Gasteiger partial charge in [0.05, 0.1) is 10.6 Å². The molecule has 0 amide bonds. The molecule has 2 aromatic carbocycles. The van der Waals surface area contributed by atoms with Gasteiger partial charge < -0.3 is 0 Å². The molecule has 0 radical (unpaired) electrons. The zero-order valence-electron chi connectivity index (χ0n) is 12.7. The Morgan fingerprint density at radius 1 is 0.913 bits per heavy atom. The van der Waals surface area contributed by atoms with Gasteiger partial charge in [0, 0.05) is 16.2 Å². The SMILES string of the molecule is C=N/C(=C(\SCc1ccccc1)c1cccs1)c1ccccc1. The summed E-state index contributed by atoms with van der Waals surface area (Å²) >= 11 is 3.55. The van der Waals surface area contributed by atoms with Crippen LogP contribution in [0.25, 0.3) is 10.6 Å². The van der Waals surface area contributed by atoms with Gasteiger partial charge in [0.15, 0.2) is 0 Å². The Hall–Kier alpha value is -2.10. The summed E-state index contributed by atoms with van der Waals surface area (Å²) in [7, 11) is 0. The maximum absolute atomic E-state index is 4.34. The molecule has 0 saturated heterocycles. The molecule has 1 nitrogen and oxygen atoms in total. The van der Waals surface area contributed by atoms with Gasteiger partial charge >= 0.3 is 0 Å². The molecular weight excluding hydrogens is 318 g/mol. The van der Waals surface area contributed by atoms with Gasteiger partial charge in [0.25, 0.3) is 0 Å². The number of benzene rings is 2. The summed E-state index contributed by atoms with van der Waals surface area (Å²) < 4.78 is 0. The Balaban J connectivity index is 1.98. The number of thiophene rings is 1. The first kappa shape index (κ1) is 15.8. The van der Waals surface area contributed by atoms with E-state index in [-0.39, 0.29) is 0 Å². The highest BCUT2D eigenvalue weighted by atomic mass is 32.2. The van der Waals surface area contributed by atoms with Crippen LogP contribution in [0.2, 0.25) is 0 Å². The third kappa shape index (κ3) is 4.01. The quantitative estimate of drug-likeness (QED) is 0.488. The third-order valence-electron chi connectivity index (χ3n) is 3.39. The van der Waals surface area contributed by atoms with Gasteiger partial charge in [-0.05, 0) is 23.7 Å². The largest absolute Gasteiger partial charge is 0.263 e. The molecule has 23 heavy (non-hydrogen) atoms. The summed E-state index contributed by atoms with van der Waals surface area (Å²) in [6.07, 6.45) is 0. The second kappa shape index (κ2) is 7.95. The van der Waals surface area contributed by atoms with E-state index in [4.69, 9.17) is 0 Å². The van der Waals surface area contributed by atoms with Crippen LogP contribution in [0.5, 0.6) is 0 Å². The minimum Gasteiger partial charge on any atom is -0.263 e. The van der Waals surface area contributed by atoms with Gasteiger partial charge in [-0.25, -0.2) is 0 Å². The van der Waals surface area contributed by atoms with Crippen LogP contribution in [-0.4, -0.2) is 6.72 Å². The minimum absolute atomic E-state index is 0.917. The Bertz CT molecular complexity index is 775. The van der Waals surface area contributed by atoms with Gasteiger partial charge in [-0.15, -0.1) is 23.1 Å². The van der Waals surface area contributed by atoms with Crippen molar-refractivity contribution in [2.45, 2.75) is 5.75 Å². The average molecular weight is 335 g/mol. The van der Waals surface area contributed by atoms with Crippen molar-refractivity contribution in [3.05, 3.63) is 94.2 Å². The van der Waals surface area contributed by atoms with E-state index in [1.807, 2.05) is 36.0 Å². The van der Waals surface area contributed by atoms with Crippen molar-refractivity contribution in [2.24, 2.45) is 4.99 Å². The van der Waals surface area contributed by atoms with Crippen LogP contribution in [0.3, 0.4) is 0 Å². The molecular formula is C20H17NS2. The fourth-order valence-electron chi connectivity index (χ4n) is 2.28. The fourth-order valence-corrected chi connectivity index (χ4v) is 4.30. The molecule has 1 heterocycles. The third-order valence-corrected chi connectivity index (χ3v) is 5.59. The summed E-state index contributed by atoms with van der Waals surface area (Å²) in [5.74, 6) is 0.917. The number of rotatable bonds is 6. The standard InChI is InChI=1S/C20H17NS2/c1-21-19(17-11-6-3-7-12-17)20(18-13-8-14-22-18)23-15-16-9-4-2-5-10-16/h2-14H,1,15H2/b20-19-. The summed E-state index contributed by atoms with van der Waals surface area (Å²) in [6, 6.07) is 25.0. The van der Waals surface area contributed by atoms with Crippen molar-refractivity contribution in [2.75, 3.05) is 0 Å². The maximum atomic E-state index is 4.34. The minimum atomic E-state index is 0.917. The van der Waals surface area contributed by atoms with Crippen molar-refractivity contribution in [3.8, 4) is 0 Å². The Labute approximate surface area is 145 Å². The summed E-state index contributed by atoms with van der Waals surface area (Å²) in [5.41, 5.74) is 3.36. The maximum Gasteiger partial charge on any atom is 0.0844 e. The van der Waals surface area contributed by atoms with E-state index >= 15 is 0 Å². The van der Waals surface area contributed by atoms with Crippen LogP contribution in [-0.2, 0) is 5.75 Å². The molecule has 0 N–H and O–H groups in total. The zero-order chi connectivity index (χ0) is 15.9. The first-order valence-corrected chi connectivity index (χ1v) is 9.22. The molecule has 114 valence electrons. The van der Waals surface area contributed by atoms with Gasteiger partial charge in [0.1, 0.15) is 0 Å². The van der Waals surface area contributed by atoms with Crippen LogP contribution in [0.1, 0.15) is 16.0 Å². The normalized spacial score (nSPS) is 11.8. The molecule has 0 aliphatic carbocycles. The highest BCUT2D eigenvalue weighted by molar-refractivity contribution is 8.08. The van der Waals surface area contributed by atoms with E-state index in [1.54, 1.807) is 11.3 Å². The van der Waals surface area contributed by atoms with E-state index in [0.717, 1.165) is 17.0 Å². The Morgan fingerprint density at radius 3 is 2.22 bits per heavy atom. The van der Waals surface area contributed by atoms with Crippen molar-refractivity contribution in [1.29, 1.82) is 0 Å². The molecule has 0 bridgehead atoms. The van der Waals surface area contributed by atoms with E-state index in [0.29, 0.717) is 0 Å². The number of nitrogens with zero attached hydrogens (tertiary/aromatic N) is 1. The highest BCUT2D eigenvalue weighted by Gasteiger charge is 2.12. The number of aliphatic imine (C=N–C) groups is 1. The first-order valence-electron chi connectivity index (χ1n) is 7.35. The second-order valence-electron chi connectivity index (χ2n) is 4.95. The van der Waals surface area contributed by atoms with Gasteiger partial charge in [0.2, 0.25) is 0 Å². The summed E-state index contributed by atoms with van der Waals surface area (Å²) in [5, 5.41) is 2.10. The van der Waals surface area contributed by atoms with Crippen LogP contribution in [0.15, 0.2) is 83.2 Å². The zero-order valence-corrected chi connectivity index (χ0v) is 14.3. The van der Waals surface area contributed by atoms with E-state index < -0.39 is 0 Å². The Morgan fingerprint density at radius 2 is 1.61 bits per heavy atom. The lowest BCUT2D eigenvalue weighted by molar-refractivity contribution is 1.42. The number of hydrogen-bond donors (Lipinski definition) is 0. The van der Waals surface area contributed by atoms with Crippen LogP contribution in [0.4, 0.5) is 0 Å². The average Bonchev–Trinajstić information content (AvgIpc) is 3.14. The molecule has 0 atom stereocenters. The molecule has 0 fully saturated rings. The Kier molecular flexibility index (Phi) is 5.46. The lowest BCUT2D eigenvalue weighted by Crippen LogP contribution is -1.87. The number of hydrogen-bond acceptors (Lipinski definition) is 3. The monoisotopic (exact) mass is 335 g/mol. The predicted octanol–water partition coefficient (Wildman–Crippen LogP) is 6.21. The van der Waals surface area contributed by atoms with Crippen molar-refractivity contribution in [3.63, 3.8) is 0 Å². The van der Waals surface area contributed by atoms with E-state index in [9.17, 15) is 0 Å². The van der Waals surface area contributed by atoms with E-state index in [2.05, 4.69) is 65.6 Å².